The average molecular weight is 296 g/mol. The van der Waals surface area contributed by atoms with E-state index in [-0.39, 0.29) is 24.8 Å². The van der Waals surface area contributed by atoms with Gasteiger partial charge in [-0.25, -0.2) is 9.18 Å². The topological polar surface area (TPSA) is 78.4 Å². The predicted molar refractivity (Wildman–Crippen MR) is 77.2 cm³/mol. The Morgan fingerprint density at radius 3 is 2.57 bits per heavy atom. The van der Waals surface area contributed by atoms with Crippen LogP contribution < -0.4 is 10.6 Å². The highest BCUT2D eigenvalue weighted by molar-refractivity contribution is 5.75. The highest BCUT2D eigenvalue weighted by atomic mass is 19.1. The summed E-state index contributed by atoms with van der Waals surface area (Å²) < 4.78 is 13.0. The molecular formula is C15H21FN2O3. The molecule has 0 spiro atoms. The lowest BCUT2D eigenvalue weighted by Crippen LogP contribution is -2.39. The zero-order chi connectivity index (χ0) is 15.8. The van der Waals surface area contributed by atoms with Crippen molar-refractivity contribution in [1.29, 1.82) is 0 Å². The van der Waals surface area contributed by atoms with Gasteiger partial charge in [0.05, 0.1) is 5.92 Å². The average Bonchev–Trinajstić information content (AvgIpc) is 2.40. The Kier molecular flexibility index (Phi) is 6.65. The number of aliphatic carboxylic acids is 1. The maximum Gasteiger partial charge on any atom is 0.315 e. The third-order valence-corrected chi connectivity index (χ3v) is 2.96. The summed E-state index contributed by atoms with van der Waals surface area (Å²) in [5.74, 6) is -1.65. The largest absolute Gasteiger partial charge is 0.481 e. The molecule has 0 saturated heterocycles. The number of hydrogen-bond acceptors (Lipinski definition) is 2. The van der Waals surface area contributed by atoms with Gasteiger partial charge in [-0.3, -0.25) is 4.79 Å². The SMILES string of the molecule is CC(C)CC(CNC(=O)NCc1cccc(F)c1)C(=O)O. The number of amides is 2. The first kappa shape index (κ1) is 16.9. The molecule has 1 rings (SSSR count). The third kappa shape index (κ3) is 6.74. The summed E-state index contributed by atoms with van der Waals surface area (Å²) in [6.45, 7) is 4.12. The van der Waals surface area contributed by atoms with Crippen LogP contribution in [-0.2, 0) is 11.3 Å². The Labute approximate surface area is 123 Å². The second kappa shape index (κ2) is 8.24. The summed E-state index contributed by atoms with van der Waals surface area (Å²) in [5, 5.41) is 14.2. The van der Waals surface area contributed by atoms with Crippen LogP contribution in [-0.4, -0.2) is 23.7 Å². The van der Waals surface area contributed by atoms with Crippen molar-refractivity contribution in [1.82, 2.24) is 10.6 Å². The second-order valence-corrected chi connectivity index (χ2v) is 5.36. The number of urea groups is 1. The first-order valence-corrected chi connectivity index (χ1v) is 6.87. The van der Waals surface area contributed by atoms with E-state index < -0.39 is 17.9 Å². The molecular weight excluding hydrogens is 275 g/mol. The Morgan fingerprint density at radius 1 is 1.29 bits per heavy atom. The van der Waals surface area contributed by atoms with Gasteiger partial charge in [0.2, 0.25) is 0 Å². The molecule has 5 nitrogen and oxygen atoms in total. The van der Waals surface area contributed by atoms with Crippen LogP contribution in [0.3, 0.4) is 0 Å². The van der Waals surface area contributed by atoms with Crippen molar-refractivity contribution in [2.24, 2.45) is 11.8 Å². The molecule has 0 aliphatic heterocycles. The minimum absolute atomic E-state index is 0.0719. The Morgan fingerprint density at radius 2 is 2.00 bits per heavy atom. The lowest BCUT2D eigenvalue weighted by Gasteiger charge is -2.15. The fraction of sp³-hybridized carbons (Fsp3) is 0.467. The van der Waals surface area contributed by atoms with E-state index in [0.29, 0.717) is 12.0 Å². The lowest BCUT2D eigenvalue weighted by atomic mass is 9.97. The van der Waals surface area contributed by atoms with Gasteiger partial charge in [-0.2, -0.15) is 0 Å². The standard InChI is InChI=1S/C15H21FN2O3/c1-10(2)6-12(14(19)20)9-18-15(21)17-8-11-4-3-5-13(16)7-11/h3-5,7,10,12H,6,8-9H2,1-2H3,(H,19,20)(H2,17,18,21). The summed E-state index contributed by atoms with van der Waals surface area (Å²) in [6, 6.07) is 5.45. The Balaban J connectivity index is 2.37. The lowest BCUT2D eigenvalue weighted by molar-refractivity contribution is -0.142. The number of hydrogen-bond donors (Lipinski definition) is 3. The molecule has 1 unspecified atom stereocenters. The van der Waals surface area contributed by atoms with Crippen molar-refractivity contribution in [2.75, 3.05) is 6.54 Å². The molecule has 21 heavy (non-hydrogen) atoms. The minimum atomic E-state index is -0.922. The molecule has 0 aliphatic carbocycles. The van der Waals surface area contributed by atoms with Crippen molar-refractivity contribution in [2.45, 2.75) is 26.8 Å². The summed E-state index contributed by atoms with van der Waals surface area (Å²) in [4.78, 5) is 22.7. The van der Waals surface area contributed by atoms with Crippen LogP contribution in [0.15, 0.2) is 24.3 Å². The Bertz CT molecular complexity index is 492. The summed E-state index contributed by atoms with van der Waals surface area (Å²) in [7, 11) is 0. The van der Waals surface area contributed by atoms with E-state index in [2.05, 4.69) is 10.6 Å². The third-order valence-electron chi connectivity index (χ3n) is 2.96. The molecule has 0 fully saturated rings. The van der Waals surface area contributed by atoms with Gasteiger partial charge in [0.25, 0.3) is 0 Å². The van der Waals surface area contributed by atoms with Crippen molar-refractivity contribution < 1.29 is 19.1 Å². The van der Waals surface area contributed by atoms with Crippen LogP contribution in [0, 0.1) is 17.7 Å². The van der Waals surface area contributed by atoms with Crippen LogP contribution in [0.5, 0.6) is 0 Å². The highest BCUT2D eigenvalue weighted by Crippen LogP contribution is 2.11. The molecule has 0 heterocycles. The van der Waals surface area contributed by atoms with Crippen LogP contribution in [0.2, 0.25) is 0 Å². The second-order valence-electron chi connectivity index (χ2n) is 5.36. The smallest absolute Gasteiger partial charge is 0.315 e. The molecule has 0 bridgehead atoms. The molecule has 6 heteroatoms. The minimum Gasteiger partial charge on any atom is -0.481 e. The number of rotatable bonds is 7. The predicted octanol–water partition coefficient (Wildman–Crippen LogP) is 2.37. The molecule has 0 aromatic heterocycles. The van der Waals surface area contributed by atoms with E-state index >= 15 is 0 Å². The van der Waals surface area contributed by atoms with Crippen molar-refractivity contribution in [3.05, 3.63) is 35.6 Å². The van der Waals surface area contributed by atoms with Gasteiger partial charge in [0.15, 0.2) is 0 Å². The number of carbonyl (C=O) groups excluding carboxylic acids is 1. The van der Waals surface area contributed by atoms with Gasteiger partial charge in [-0.15, -0.1) is 0 Å². The highest BCUT2D eigenvalue weighted by Gasteiger charge is 2.19. The van der Waals surface area contributed by atoms with Gasteiger partial charge < -0.3 is 15.7 Å². The molecule has 0 radical (unpaired) electrons. The normalized spacial score (nSPS) is 12.0. The van der Waals surface area contributed by atoms with Crippen LogP contribution in [0.4, 0.5) is 9.18 Å². The number of carboxylic acid groups (broad SMARTS) is 1. The van der Waals surface area contributed by atoms with Gasteiger partial charge in [0, 0.05) is 13.1 Å². The molecule has 2 amide bonds. The number of halogens is 1. The van der Waals surface area contributed by atoms with Crippen LogP contribution in [0.25, 0.3) is 0 Å². The van der Waals surface area contributed by atoms with Gasteiger partial charge in [0.1, 0.15) is 5.82 Å². The maximum absolute atomic E-state index is 13.0. The maximum atomic E-state index is 13.0. The molecule has 1 aromatic rings. The van der Waals surface area contributed by atoms with E-state index in [4.69, 9.17) is 5.11 Å². The first-order valence-electron chi connectivity index (χ1n) is 6.87. The fourth-order valence-electron chi connectivity index (χ4n) is 1.95. The Hall–Kier alpha value is -2.11. The molecule has 0 aliphatic rings. The van der Waals surface area contributed by atoms with Gasteiger partial charge in [-0.1, -0.05) is 26.0 Å². The zero-order valence-corrected chi connectivity index (χ0v) is 12.2. The van der Waals surface area contributed by atoms with E-state index in [0.717, 1.165) is 0 Å². The number of carboxylic acids is 1. The molecule has 1 atom stereocenters. The molecule has 1 aromatic carbocycles. The van der Waals surface area contributed by atoms with Crippen molar-refractivity contribution >= 4 is 12.0 Å². The molecule has 0 saturated carbocycles. The summed E-state index contributed by atoms with van der Waals surface area (Å²) >= 11 is 0. The molecule has 116 valence electrons. The summed E-state index contributed by atoms with van der Waals surface area (Å²) in [5.41, 5.74) is 0.641. The zero-order valence-electron chi connectivity index (χ0n) is 12.2. The van der Waals surface area contributed by atoms with E-state index in [9.17, 15) is 14.0 Å². The molecule has 3 N–H and O–H groups in total. The van der Waals surface area contributed by atoms with Crippen molar-refractivity contribution in [3.8, 4) is 0 Å². The van der Waals surface area contributed by atoms with E-state index in [1.165, 1.54) is 12.1 Å². The van der Waals surface area contributed by atoms with Crippen LogP contribution in [0.1, 0.15) is 25.8 Å². The van der Waals surface area contributed by atoms with E-state index in [1.54, 1.807) is 12.1 Å². The van der Waals surface area contributed by atoms with E-state index in [1.807, 2.05) is 13.8 Å². The number of benzene rings is 1. The summed E-state index contributed by atoms with van der Waals surface area (Å²) in [6.07, 6.45) is 0.500. The number of carbonyl (C=O) groups is 2. The first-order chi connectivity index (χ1) is 9.88. The van der Waals surface area contributed by atoms with Gasteiger partial charge in [-0.05, 0) is 30.0 Å². The van der Waals surface area contributed by atoms with Crippen molar-refractivity contribution in [3.63, 3.8) is 0 Å². The van der Waals surface area contributed by atoms with Gasteiger partial charge >= 0.3 is 12.0 Å². The fourth-order valence-corrected chi connectivity index (χ4v) is 1.95. The monoisotopic (exact) mass is 296 g/mol. The quantitative estimate of drug-likeness (QED) is 0.723. The number of nitrogens with one attached hydrogen (secondary N) is 2. The van der Waals surface area contributed by atoms with Crippen LogP contribution >= 0.6 is 0 Å².